The van der Waals surface area contributed by atoms with Gasteiger partial charge in [-0.3, -0.25) is 4.40 Å². The number of carbonyl (C=O) groups is 1. The summed E-state index contributed by atoms with van der Waals surface area (Å²) in [5.74, 6) is -0.814. The average molecular weight is 299 g/mol. The van der Waals surface area contributed by atoms with Gasteiger partial charge >= 0.3 is 5.97 Å². The quantitative estimate of drug-likeness (QED) is 0.698. The van der Waals surface area contributed by atoms with Crippen molar-refractivity contribution in [1.29, 1.82) is 0 Å². The molecule has 0 aliphatic carbocycles. The molecule has 0 aliphatic rings. The highest BCUT2D eigenvalue weighted by molar-refractivity contribution is 5.94. The van der Waals surface area contributed by atoms with Crippen LogP contribution >= 0.6 is 0 Å². The van der Waals surface area contributed by atoms with Crippen LogP contribution < -0.4 is 0 Å². The number of benzene rings is 1. The molecule has 6 heteroatoms. The molecule has 0 fully saturated rings. The minimum atomic E-state index is -0.508. The maximum atomic E-state index is 13.1. The molecule has 0 bridgehead atoms. The molecular formula is C16H14FN3O2. The van der Waals surface area contributed by atoms with E-state index in [1.54, 1.807) is 23.5 Å². The summed E-state index contributed by atoms with van der Waals surface area (Å²) in [6.07, 6.45) is 3.35. The van der Waals surface area contributed by atoms with Crippen LogP contribution in [0.3, 0.4) is 0 Å². The molecular weight excluding hydrogens is 285 g/mol. The van der Waals surface area contributed by atoms with Crippen molar-refractivity contribution in [3.63, 3.8) is 0 Å². The monoisotopic (exact) mass is 299 g/mol. The molecule has 0 amide bonds. The summed E-state index contributed by atoms with van der Waals surface area (Å²) < 4.78 is 19.7. The van der Waals surface area contributed by atoms with Crippen molar-refractivity contribution in [2.24, 2.45) is 0 Å². The Labute approximate surface area is 126 Å². The third kappa shape index (κ3) is 2.43. The molecule has 0 N–H and O–H groups in total. The lowest BCUT2D eigenvalue weighted by Crippen LogP contribution is -2.07. The van der Waals surface area contributed by atoms with E-state index in [1.807, 2.05) is 13.1 Å². The number of esters is 1. The van der Waals surface area contributed by atoms with Crippen LogP contribution in [0.25, 0.3) is 16.9 Å². The van der Waals surface area contributed by atoms with E-state index in [4.69, 9.17) is 4.74 Å². The van der Waals surface area contributed by atoms with Crippen molar-refractivity contribution in [3.05, 3.63) is 53.9 Å². The van der Waals surface area contributed by atoms with E-state index in [0.717, 1.165) is 11.1 Å². The summed E-state index contributed by atoms with van der Waals surface area (Å²) in [6.45, 7) is 3.90. The number of halogens is 1. The van der Waals surface area contributed by atoms with Gasteiger partial charge < -0.3 is 4.74 Å². The van der Waals surface area contributed by atoms with Crippen LogP contribution in [0.15, 0.2) is 36.8 Å². The topological polar surface area (TPSA) is 56.5 Å². The lowest BCUT2D eigenvalue weighted by molar-refractivity contribution is 0.0522. The first-order valence-corrected chi connectivity index (χ1v) is 6.87. The Morgan fingerprint density at radius 2 is 2.05 bits per heavy atom. The molecule has 3 rings (SSSR count). The molecule has 3 aromatic rings. The van der Waals surface area contributed by atoms with Gasteiger partial charge in [-0.05, 0) is 43.7 Å². The van der Waals surface area contributed by atoms with Gasteiger partial charge in [-0.2, -0.15) is 0 Å². The predicted molar refractivity (Wildman–Crippen MR) is 79.1 cm³/mol. The molecule has 5 nitrogen and oxygen atoms in total. The Kier molecular flexibility index (Phi) is 3.58. The normalized spacial score (nSPS) is 10.9. The fourth-order valence-corrected chi connectivity index (χ4v) is 2.27. The minimum Gasteiger partial charge on any atom is -0.461 e. The summed E-state index contributed by atoms with van der Waals surface area (Å²) in [7, 11) is 0. The van der Waals surface area contributed by atoms with E-state index in [-0.39, 0.29) is 18.1 Å². The van der Waals surface area contributed by atoms with Gasteiger partial charge in [0, 0.05) is 11.8 Å². The first kappa shape index (κ1) is 14.2. The van der Waals surface area contributed by atoms with Crippen molar-refractivity contribution in [2.45, 2.75) is 13.8 Å². The van der Waals surface area contributed by atoms with Crippen LogP contribution in [0.5, 0.6) is 0 Å². The maximum Gasteiger partial charge on any atom is 0.360 e. The zero-order valence-electron chi connectivity index (χ0n) is 12.2. The maximum absolute atomic E-state index is 13.1. The molecule has 0 saturated carbocycles. The van der Waals surface area contributed by atoms with Crippen molar-refractivity contribution >= 4 is 11.6 Å². The van der Waals surface area contributed by atoms with E-state index < -0.39 is 5.97 Å². The molecule has 2 heterocycles. The Balaban J connectivity index is 2.15. The van der Waals surface area contributed by atoms with Gasteiger partial charge in [0.2, 0.25) is 0 Å². The second-order valence-electron chi connectivity index (χ2n) is 4.82. The largest absolute Gasteiger partial charge is 0.461 e. The van der Waals surface area contributed by atoms with Crippen LogP contribution in [-0.4, -0.2) is 26.9 Å². The minimum absolute atomic E-state index is 0.171. The number of imidazole rings is 1. The number of aromatic nitrogens is 3. The van der Waals surface area contributed by atoms with Crippen molar-refractivity contribution in [3.8, 4) is 11.3 Å². The first-order valence-electron chi connectivity index (χ1n) is 6.87. The molecule has 2 aromatic heterocycles. The van der Waals surface area contributed by atoms with Crippen LogP contribution in [-0.2, 0) is 4.74 Å². The Hall–Kier alpha value is -2.76. The van der Waals surface area contributed by atoms with Gasteiger partial charge in [-0.25, -0.2) is 19.2 Å². The zero-order valence-corrected chi connectivity index (χ0v) is 12.2. The molecule has 0 radical (unpaired) electrons. The van der Waals surface area contributed by atoms with Gasteiger partial charge in [0.05, 0.1) is 12.3 Å². The Bertz CT molecular complexity index is 840. The van der Waals surface area contributed by atoms with Crippen LogP contribution in [0.2, 0.25) is 0 Å². The highest BCUT2D eigenvalue weighted by Gasteiger charge is 2.17. The van der Waals surface area contributed by atoms with Crippen LogP contribution in [0, 0.1) is 12.7 Å². The molecule has 112 valence electrons. The highest BCUT2D eigenvalue weighted by Crippen LogP contribution is 2.23. The van der Waals surface area contributed by atoms with E-state index in [9.17, 15) is 9.18 Å². The van der Waals surface area contributed by atoms with Crippen LogP contribution in [0.1, 0.15) is 23.0 Å². The second kappa shape index (κ2) is 5.55. The lowest BCUT2D eigenvalue weighted by Gasteiger charge is -2.07. The predicted octanol–water partition coefficient (Wildman–Crippen LogP) is 3.02. The SMILES string of the molecule is CCOC(=O)c1ncn2cc(C)c(-c3ccc(F)cc3)nc12. The molecule has 1 aromatic carbocycles. The average Bonchev–Trinajstić information content (AvgIpc) is 2.90. The van der Waals surface area contributed by atoms with Gasteiger partial charge in [-0.1, -0.05) is 0 Å². The molecule has 22 heavy (non-hydrogen) atoms. The number of hydrogen-bond donors (Lipinski definition) is 0. The summed E-state index contributed by atoms with van der Waals surface area (Å²) in [5.41, 5.74) is 2.94. The highest BCUT2D eigenvalue weighted by atomic mass is 19.1. The van der Waals surface area contributed by atoms with Gasteiger partial charge in [0.15, 0.2) is 11.3 Å². The fraction of sp³-hybridized carbons (Fsp3) is 0.188. The van der Waals surface area contributed by atoms with Gasteiger partial charge in [0.1, 0.15) is 12.1 Å². The number of ether oxygens (including phenoxy) is 1. The molecule has 0 unspecified atom stereocenters. The molecule has 0 atom stereocenters. The third-order valence-electron chi connectivity index (χ3n) is 3.28. The third-order valence-corrected chi connectivity index (χ3v) is 3.28. The molecule has 0 spiro atoms. The molecule has 0 saturated heterocycles. The number of fused-ring (bicyclic) bond motifs is 1. The van der Waals surface area contributed by atoms with Gasteiger partial charge in [-0.15, -0.1) is 0 Å². The smallest absolute Gasteiger partial charge is 0.360 e. The van der Waals surface area contributed by atoms with Crippen molar-refractivity contribution in [1.82, 2.24) is 14.4 Å². The van der Waals surface area contributed by atoms with Crippen molar-refractivity contribution < 1.29 is 13.9 Å². The van der Waals surface area contributed by atoms with Crippen LogP contribution in [0.4, 0.5) is 4.39 Å². The van der Waals surface area contributed by atoms with E-state index in [1.165, 1.54) is 18.5 Å². The fourth-order valence-electron chi connectivity index (χ4n) is 2.27. The standard InChI is InChI=1S/C16H14FN3O2/c1-3-22-16(21)14-15-19-13(10(2)8-20(15)9-18-14)11-4-6-12(17)7-5-11/h4-9H,3H2,1-2H3. The Morgan fingerprint density at radius 3 is 2.73 bits per heavy atom. The molecule has 0 aliphatic heterocycles. The van der Waals surface area contributed by atoms with E-state index >= 15 is 0 Å². The Morgan fingerprint density at radius 1 is 1.32 bits per heavy atom. The summed E-state index contributed by atoms with van der Waals surface area (Å²) in [6, 6.07) is 6.07. The number of carbonyl (C=O) groups excluding carboxylic acids is 1. The lowest BCUT2D eigenvalue weighted by atomic mass is 10.1. The second-order valence-corrected chi connectivity index (χ2v) is 4.82. The van der Waals surface area contributed by atoms with Crippen molar-refractivity contribution in [2.75, 3.05) is 6.61 Å². The number of hydrogen-bond acceptors (Lipinski definition) is 4. The summed E-state index contributed by atoms with van der Waals surface area (Å²) in [5, 5.41) is 0. The van der Waals surface area contributed by atoms with E-state index in [2.05, 4.69) is 9.97 Å². The number of nitrogens with zero attached hydrogens (tertiary/aromatic N) is 3. The van der Waals surface area contributed by atoms with Gasteiger partial charge in [0.25, 0.3) is 0 Å². The first-order chi connectivity index (χ1) is 10.6. The summed E-state index contributed by atoms with van der Waals surface area (Å²) in [4.78, 5) is 20.5. The zero-order chi connectivity index (χ0) is 15.7. The number of aryl methyl sites for hydroxylation is 1. The summed E-state index contributed by atoms with van der Waals surface area (Å²) >= 11 is 0. The van der Waals surface area contributed by atoms with E-state index in [0.29, 0.717) is 11.3 Å². The number of rotatable bonds is 3.